The molecule has 4 aromatic rings. The smallest absolute Gasteiger partial charge is 0.308 e. The van der Waals surface area contributed by atoms with Gasteiger partial charge in [0.1, 0.15) is 23.4 Å². The summed E-state index contributed by atoms with van der Waals surface area (Å²) in [6.45, 7) is -0.258. The highest BCUT2D eigenvalue weighted by Gasteiger charge is 2.57. The molecule has 0 bridgehead atoms. The second-order valence-corrected chi connectivity index (χ2v) is 11.4. The van der Waals surface area contributed by atoms with Crippen molar-refractivity contribution in [1.82, 2.24) is 4.57 Å². The molecular formula is C29H22FN3O5S2. The third kappa shape index (κ3) is 4.40. The Bertz CT molecular complexity index is 1690. The Kier molecular flexibility index (Phi) is 6.77. The lowest BCUT2D eigenvalue weighted by Gasteiger charge is -2.31. The molecule has 3 heterocycles. The van der Waals surface area contributed by atoms with E-state index in [2.05, 4.69) is 5.32 Å². The number of anilines is 2. The van der Waals surface area contributed by atoms with Gasteiger partial charge in [-0.3, -0.25) is 23.7 Å². The summed E-state index contributed by atoms with van der Waals surface area (Å²) in [7, 11) is 1.52. The van der Waals surface area contributed by atoms with Crippen molar-refractivity contribution in [3.8, 4) is 5.75 Å². The number of ether oxygens (including phenoxy) is 1. The van der Waals surface area contributed by atoms with E-state index in [1.165, 1.54) is 35.9 Å². The second-order valence-electron chi connectivity index (χ2n) is 9.31. The number of halogens is 1. The Hall–Kier alpha value is -4.22. The normalized spacial score (nSPS) is 19.8. The Balaban J connectivity index is 1.44. The van der Waals surface area contributed by atoms with Crippen molar-refractivity contribution in [2.45, 2.75) is 22.7 Å². The van der Waals surface area contributed by atoms with Crippen molar-refractivity contribution in [3.05, 3.63) is 105 Å². The molecule has 2 aliphatic rings. The summed E-state index contributed by atoms with van der Waals surface area (Å²) < 4.78 is 20.6. The highest BCUT2D eigenvalue weighted by atomic mass is 32.2. The van der Waals surface area contributed by atoms with Crippen LogP contribution in [0.1, 0.15) is 16.4 Å². The van der Waals surface area contributed by atoms with E-state index in [1.807, 2.05) is 12.1 Å². The molecule has 6 rings (SSSR count). The van der Waals surface area contributed by atoms with E-state index >= 15 is 0 Å². The number of hydrogen-bond donors (Lipinski definition) is 1. The van der Waals surface area contributed by atoms with Crippen molar-refractivity contribution in [2.24, 2.45) is 5.92 Å². The minimum atomic E-state index is -0.864. The van der Waals surface area contributed by atoms with Gasteiger partial charge in [-0.15, -0.1) is 0 Å². The number of amides is 3. The molecular weight excluding hydrogens is 553 g/mol. The molecule has 1 aromatic heterocycles. The van der Waals surface area contributed by atoms with E-state index in [0.717, 1.165) is 28.0 Å². The van der Waals surface area contributed by atoms with Gasteiger partial charge in [-0.05, 0) is 42.5 Å². The molecule has 2 aliphatic heterocycles. The molecule has 0 spiro atoms. The number of hydrogen-bond acceptors (Lipinski definition) is 7. The third-order valence-electron chi connectivity index (χ3n) is 6.97. The number of thioether (sulfide) groups is 1. The number of aromatic nitrogens is 1. The Morgan fingerprint density at radius 2 is 1.65 bits per heavy atom. The first-order chi connectivity index (χ1) is 19.4. The van der Waals surface area contributed by atoms with Crippen LogP contribution >= 0.6 is 23.1 Å². The van der Waals surface area contributed by atoms with E-state index < -0.39 is 40.6 Å². The fourth-order valence-corrected chi connectivity index (χ4v) is 7.99. The average molecular weight is 576 g/mol. The molecule has 0 aliphatic carbocycles. The number of nitrogens with one attached hydrogen (secondary N) is 1. The van der Waals surface area contributed by atoms with Crippen LogP contribution < -0.4 is 19.8 Å². The third-order valence-corrected chi connectivity index (χ3v) is 9.57. The maximum Gasteiger partial charge on any atom is 0.308 e. The lowest BCUT2D eigenvalue weighted by molar-refractivity contribution is -0.122. The van der Waals surface area contributed by atoms with Crippen LogP contribution in [0.5, 0.6) is 5.75 Å². The van der Waals surface area contributed by atoms with Crippen LogP contribution in [-0.4, -0.2) is 34.6 Å². The zero-order valence-corrected chi connectivity index (χ0v) is 22.7. The molecule has 3 aromatic carbocycles. The summed E-state index contributed by atoms with van der Waals surface area (Å²) in [4.78, 5) is 55.2. The fraction of sp³-hybridized carbons (Fsp3) is 0.172. The van der Waals surface area contributed by atoms with Gasteiger partial charge in [0.15, 0.2) is 0 Å². The summed E-state index contributed by atoms with van der Waals surface area (Å²) in [5, 5.41) is 2.39. The van der Waals surface area contributed by atoms with Crippen LogP contribution in [0.2, 0.25) is 0 Å². The minimum Gasteiger partial charge on any atom is -0.496 e. The molecule has 3 atom stereocenters. The summed E-state index contributed by atoms with van der Waals surface area (Å²) in [5.41, 5.74) is 1.52. The van der Waals surface area contributed by atoms with Crippen LogP contribution in [0.25, 0.3) is 0 Å². The molecule has 2 unspecified atom stereocenters. The number of carbonyl (C=O) groups is 3. The van der Waals surface area contributed by atoms with Gasteiger partial charge < -0.3 is 10.1 Å². The molecule has 8 nitrogen and oxygen atoms in total. The Morgan fingerprint density at radius 3 is 2.38 bits per heavy atom. The summed E-state index contributed by atoms with van der Waals surface area (Å²) in [5.74, 6) is -2.78. The summed E-state index contributed by atoms with van der Waals surface area (Å²) in [6, 6.07) is 21.3. The lowest BCUT2D eigenvalue weighted by Crippen LogP contribution is -2.33. The molecule has 1 N–H and O–H groups in total. The maximum absolute atomic E-state index is 13.9. The van der Waals surface area contributed by atoms with Gasteiger partial charge in [0, 0.05) is 22.0 Å². The largest absolute Gasteiger partial charge is 0.496 e. The Labute approximate surface area is 236 Å². The minimum absolute atomic E-state index is 0.258. The zero-order valence-electron chi connectivity index (χ0n) is 21.1. The highest BCUT2D eigenvalue weighted by molar-refractivity contribution is 8.00. The SMILES string of the molecule is COc1ccccc1[C@H]1c2sc(=O)n(CC(=O)Nc3ccccc3)c2SC2C(=O)N(c3ccc(F)cc3)C(=O)C21. The van der Waals surface area contributed by atoms with E-state index in [9.17, 15) is 23.6 Å². The van der Waals surface area contributed by atoms with Gasteiger partial charge in [-0.2, -0.15) is 0 Å². The first kappa shape index (κ1) is 26.0. The van der Waals surface area contributed by atoms with Crippen molar-refractivity contribution in [1.29, 1.82) is 0 Å². The number of para-hydroxylation sites is 2. The highest BCUT2D eigenvalue weighted by Crippen LogP contribution is 2.55. The second kappa shape index (κ2) is 10.4. The van der Waals surface area contributed by atoms with Gasteiger partial charge in [-0.25, -0.2) is 9.29 Å². The van der Waals surface area contributed by atoms with E-state index in [0.29, 0.717) is 26.9 Å². The van der Waals surface area contributed by atoms with Crippen molar-refractivity contribution >= 4 is 52.2 Å². The first-order valence-corrected chi connectivity index (χ1v) is 14.1. The standard InChI is InChI=1S/C29H22FN3O5S2/c1-38-20-10-6-5-9-19(20)22-23-24(27(36)33(26(23)35)18-13-11-16(30)12-14-18)39-28-25(22)40-29(37)32(28)15-21(34)31-17-7-3-2-4-8-17/h2-14,22-24H,15H2,1H3,(H,31,34)/t22-,23?,24?/m1/s1. The van der Waals surface area contributed by atoms with E-state index in [4.69, 9.17) is 4.74 Å². The summed E-state index contributed by atoms with van der Waals surface area (Å²) in [6.07, 6.45) is 0. The van der Waals surface area contributed by atoms with E-state index in [1.54, 1.807) is 42.5 Å². The van der Waals surface area contributed by atoms with Crippen molar-refractivity contribution < 1.29 is 23.5 Å². The number of imide groups is 1. The molecule has 0 saturated carbocycles. The average Bonchev–Trinajstić information content (AvgIpc) is 3.40. The predicted molar refractivity (Wildman–Crippen MR) is 151 cm³/mol. The predicted octanol–water partition coefficient (Wildman–Crippen LogP) is 4.49. The monoisotopic (exact) mass is 575 g/mol. The molecule has 1 fully saturated rings. The first-order valence-electron chi connectivity index (χ1n) is 12.4. The number of nitrogens with zero attached hydrogens (tertiary/aromatic N) is 2. The molecule has 11 heteroatoms. The number of methoxy groups -OCH3 is 1. The molecule has 3 amide bonds. The van der Waals surface area contributed by atoms with Crippen LogP contribution in [0.3, 0.4) is 0 Å². The zero-order chi connectivity index (χ0) is 28.0. The topological polar surface area (TPSA) is 97.7 Å². The van der Waals surface area contributed by atoms with Crippen LogP contribution in [0.4, 0.5) is 15.8 Å². The number of fused-ring (bicyclic) bond motifs is 2. The van der Waals surface area contributed by atoms with Gasteiger partial charge in [0.25, 0.3) is 0 Å². The van der Waals surface area contributed by atoms with Gasteiger partial charge in [-0.1, -0.05) is 59.5 Å². The number of rotatable bonds is 6. The number of thiazole rings is 1. The van der Waals surface area contributed by atoms with Gasteiger partial charge in [0.05, 0.1) is 23.7 Å². The lowest BCUT2D eigenvalue weighted by atomic mass is 9.82. The summed E-state index contributed by atoms with van der Waals surface area (Å²) >= 11 is 2.07. The van der Waals surface area contributed by atoms with Gasteiger partial charge >= 0.3 is 4.87 Å². The van der Waals surface area contributed by atoms with Crippen molar-refractivity contribution in [3.63, 3.8) is 0 Å². The van der Waals surface area contributed by atoms with Crippen LogP contribution in [0.15, 0.2) is 88.7 Å². The van der Waals surface area contributed by atoms with Crippen molar-refractivity contribution in [2.75, 3.05) is 17.3 Å². The number of benzene rings is 3. The molecule has 202 valence electrons. The quantitative estimate of drug-likeness (QED) is 0.340. The van der Waals surface area contributed by atoms with E-state index in [-0.39, 0.29) is 17.1 Å². The maximum atomic E-state index is 13.9. The number of carbonyl (C=O) groups excluding carboxylic acids is 3. The van der Waals surface area contributed by atoms with Gasteiger partial charge in [0.2, 0.25) is 17.7 Å². The fourth-order valence-electron chi connectivity index (χ4n) is 5.22. The van der Waals surface area contributed by atoms with Crippen LogP contribution in [-0.2, 0) is 20.9 Å². The Morgan fingerprint density at radius 1 is 0.950 bits per heavy atom. The molecule has 1 saturated heterocycles. The molecule has 40 heavy (non-hydrogen) atoms. The van der Waals surface area contributed by atoms with Crippen LogP contribution in [0, 0.1) is 11.7 Å². The molecule has 0 radical (unpaired) electrons.